The van der Waals surface area contributed by atoms with E-state index in [1.807, 2.05) is 42.7 Å². The monoisotopic (exact) mass is 951 g/mol. The van der Waals surface area contributed by atoms with Crippen LogP contribution in [0.15, 0.2) is 86.0 Å². The number of morpholine rings is 1. The first kappa shape index (κ1) is 44.8. The number of ether oxygens (including phenoxy) is 2. The van der Waals surface area contributed by atoms with Crippen molar-refractivity contribution < 1.29 is 18.3 Å². The van der Waals surface area contributed by atoms with Gasteiger partial charge in [-0.25, -0.2) is 43.7 Å². The molecule has 1 fully saturated rings. The van der Waals surface area contributed by atoms with E-state index in [0.717, 1.165) is 49.9 Å². The van der Waals surface area contributed by atoms with Gasteiger partial charge >= 0.3 is 0 Å². The van der Waals surface area contributed by atoms with E-state index in [2.05, 4.69) is 55.4 Å². The molecule has 0 saturated carbocycles. The molecule has 3 aromatic carbocycles. The van der Waals surface area contributed by atoms with E-state index in [-0.39, 0.29) is 23.1 Å². The van der Waals surface area contributed by atoms with Gasteiger partial charge in [0.1, 0.15) is 46.2 Å². The topological polar surface area (TPSA) is 170 Å². The van der Waals surface area contributed by atoms with Crippen LogP contribution in [0.25, 0.3) is 43.9 Å². The lowest BCUT2D eigenvalue weighted by molar-refractivity contribution is 0.0384. The highest BCUT2D eigenvalue weighted by molar-refractivity contribution is 6.41. The van der Waals surface area contributed by atoms with Crippen LogP contribution in [-0.2, 0) is 17.7 Å². The number of hydrogen-bond acceptors (Lipinski definition) is 13. The maximum Gasteiger partial charge on any atom is 0.182 e. The van der Waals surface area contributed by atoms with Gasteiger partial charge in [0.05, 0.1) is 78.7 Å². The molecule has 2 atom stereocenters. The average Bonchev–Trinajstić information content (AvgIpc) is 4.00. The van der Waals surface area contributed by atoms with Crippen molar-refractivity contribution in [2.45, 2.75) is 38.9 Å². The van der Waals surface area contributed by atoms with Crippen molar-refractivity contribution in [3.63, 3.8) is 0 Å². The van der Waals surface area contributed by atoms with Crippen molar-refractivity contribution in [3.05, 3.63) is 135 Å². The van der Waals surface area contributed by atoms with E-state index in [1.165, 1.54) is 30.9 Å². The fourth-order valence-electron chi connectivity index (χ4n) is 7.84. The number of aromatic nitrogens is 10. The Morgan fingerprint density at radius 1 is 0.773 bits per heavy atom. The second kappa shape index (κ2) is 19.6. The Hall–Kier alpha value is -6.37. The lowest BCUT2D eigenvalue weighted by Crippen LogP contribution is -2.37. The molecule has 6 aromatic heterocycles. The number of anilines is 2. The molecule has 0 radical (unpaired) electrons. The number of aromatic amines is 1. The minimum absolute atomic E-state index is 0.141. The summed E-state index contributed by atoms with van der Waals surface area (Å²) in [5.41, 5.74) is 5.71. The number of nitrogens with one attached hydrogen (secondary N) is 3. The van der Waals surface area contributed by atoms with Crippen LogP contribution in [-0.4, -0.2) is 94.3 Å². The molecular weight excluding hydrogens is 911 g/mol. The summed E-state index contributed by atoms with van der Waals surface area (Å²) >= 11 is 19.0. The quantitative estimate of drug-likeness (QED) is 0.0991. The van der Waals surface area contributed by atoms with Gasteiger partial charge in [0.15, 0.2) is 22.9 Å². The lowest BCUT2D eigenvalue weighted by Gasteiger charge is -2.26. The standard InChI is InChI=1S/C24H19Cl2FN6O.C22H23ClFN7O/c1-13(19-9-16-18(27)8-7-17(25)20(16)22(26)32-19)31-23-21-24(29-11-28-23)33(12-30-21)10-14-3-5-15(34-2)6-4-14;1-13(29-22-20-21(26-11-25-20)27-12-28-22)18-10-14-16(24)3-2-15(23)19(14)17(30-18)4-5-31-6-8-32-9-7-31/h3-9,11-13H,10H2,1-2H3,(H,28,29,31);2-3,10-13H,4-9H2,1H3,(H2,25,26,27,28,29)/t2*13-/m00/s1. The van der Waals surface area contributed by atoms with E-state index in [1.54, 1.807) is 38.0 Å². The van der Waals surface area contributed by atoms with Crippen LogP contribution in [0.1, 0.15) is 48.6 Å². The number of imidazole rings is 2. The molecule has 3 N–H and O–H groups in total. The van der Waals surface area contributed by atoms with Gasteiger partial charge in [-0.3, -0.25) is 9.88 Å². The normalized spacial score (nSPS) is 14.1. The summed E-state index contributed by atoms with van der Waals surface area (Å²) < 4.78 is 41.8. The van der Waals surface area contributed by atoms with E-state index < -0.39 is 5.82 Å². The molecule has 15 nitrogen and oxygen atoms in total. The van der Waals surface area contributed by atoms with Crippen LogP contribution in [0.2, 0.25) is 15.2 Å². The van der Waals surface area contributed by atoms with Gasteiger partial charge in [-0.05, 0) is 67.9 Å². The minimum atomic E-state index is -0.418. The Morgan fingerprint density at radius 2 is 1.42 bits per heavy atom. The molecule has 338 valence electrons. The van der Waals surface area contributed by atoms with E-state index >= 15 is 0 Å². The number of methoxy groups -OCH3 is 1. The highest BCUT2D eigenvalue weighted by Crippen LogP contribution is 2.35. The van der Waals surface area contributed by atoms with Crippen molar-refractivity contribution in [2.75, 3.05) is 50.6 Å². The summed E-state index contributed by atoms with van der Waals surface area (Å²) in [7, 11) is 1.64. The summed E-state index contributed by atoms with van der Waals surface area (Å²) in [5.74, 6) is 1.22. The van der Waals surface area contributed by atoms with Crippen LogP contribution in [0.3, 0.4) is 0 Å². The fourth-order valence-corrected chi connectivity index (χ4v) is 8.71. The fraction of sp³-hybridized carbons (Fsp3) is 0.261. The van der Waals surface area contributed by atoms with Crippen LogP contribution in [0, 0.1) is 11.6 Å². The van der Waals surface area contributed by atoms with Gasteiger partial charge in [-0.15, -0.1) is 0 Å². The molecule has 20 heteroatoms. The van der Waals surface area contributed by atoms with Gasteiger partial charge in [-0.1, -0.05) is 46.9 Å². The Morgan fingerprint density at radius 3 is 2.15 bits per heavy atom. The summed E-state index contributed by atoms with van der Waals surface area (Å²) in [5, 5.41) is 9.50. The first-order chi connectivity index (χ1) is 32.0. The second-order valence-corrected chi connectivity index (χ2v) is 16.8. The Labute approximate surface area is 391 Å². The number of halogens is 5. The van der Waals surface area contributed by atoms with Crippen molar-refractivity contribution in [1.29, 1.82) is 0 Å². The molecule has 0 aliphatic carbocycles. The van der Waals surface area contributed by atoms with Crippen molar-refractivity contribution in [1.82, 2.24) is 54.3 Å². The predicted molar refractivity (Wildman–Crippen MR) is 253 cm³/mol. The Bertz CT molecular complexity index is 3190. The van der Waals surface area contributed by atoms with E-state index in [4.69, 9.17) is 49.3 Å². The lowest BCUT2D eigenvalue weighted by atomic mass is 10.0. The molecule has 0 spiro atoms. The maximum atomic E-state index is 14.8. The van der Waals surface area contributed by atoms with E-state index in [9.17, 15) is 8.78 Å². The third-order valence-electron chi connectivity index (χ3n) is 11.4. The van der Waals surface area contributed by atoms with Gasteiger partial charge in [0.25, 0.3) is 0 Å². The van der Waals surface area contributed by atoms with Crippen molar-refractivity contribution in [2.24, 2.45) is 0 Å². The summed E-state index contributed by atoms with van der Waals surface area (Å²) in [6.45, 7) is 8.47. The van der Waals surface area contributed by atoms with Crippen LogP contribution in [0.4, 0.5) is 20.4 Å². The number of rotatable bonds is 12. The Kier molecular flexibility index (Phi) is 13.3. The molecule has 1 saturated heterocycles. The molecule has 10 rings (SSSR count). The average molecular weight is 953 g/mol. The number of H-pyrrole nitrogens is 1. The maximum absolute atomic E-state index is 14.8. The molecule has 0 amide bonds. The molecule has 9 aromatic rings. The highest BCUT2D eigenvalue weighted by atomic mass is 35.5. The van der Waals surface area contributed by atoms with E-state index in [0.29, 0.717) is 89.9 Å². The zero-order chi connectivity index (χ0) is 45.9. The minimum Gasteiger partial charge on any atom is -0.497 e. The second-order valence-electron chi connectivity index (χ2n) is 15.6. The SMILES string of the molecule is COc1ccc(Cn2cnc3c(N[C@@H](C)c4cc5c(F)ccc(Cl)c5c(Cl)n4)ncnc32)cc1.C[C@H](Nc1ncnc2nc[nH]c12)c1cc2c(F)ccc(Cl)c2c(CCN2CCOCC2)n1. The molecule has 0 unspecified atom stereocenters. The summed E-state index contributed by atoms with van der Waals surface area (Å²) in [4.78, 5) is 40.6. The first-order valence-corrected chi connectivity index (χ1v) is 22.2. The number of pyridine rings is 2. The summed E-state index contributed by atoms with van der Waals surface area (Å²) in [6, 6.07) is 16.4. The largest absolute Gasteiger partial charge is 0.497 e. The van der Waals surface area contributed by atoms with Gasteiger partial charge < -0.3 is 29.7 Å². The molecule has 1 aliphatic heterocycles. The zero-order valence-electron chi connectivity index (χ0n) is 35.9. The van der Waals surface area contributed by atoms with Crippen molar-refractivity contribution >= 4 is 90.3 Å². The van der Waals surface area contributed by atoms with Gasteiger partial charge in [0.2, 0.25) is 0 Å². The number of fused-ring (bicyclic) bond motifs is 4. The number of nitrogens with zero attached hydrogens (tertiary/aromatic N) is 10. The zero-order valence-corrected chi connectivity index (χ0v) is 38.1. The molecule has 1 aliphatic rings. The third-order valence-corrected chi connectivity index (χ3v) is 12.3. The number of benzene rings is 3. The summed E-state index contributed by atoms with van der Waals surface area (Å²) in [6.07, 6.45) is 6.90. The Balaban J connectivity index is 0.000000166. The van der Waals surface area contributed by atoms with Gasteiger partial charge in [0, 0.05) is 47.6 Å². The smallest absolute Gasteiger partial charge is 0.182 e. The number of hydrogen-bond donors (Lipinski definition) is 3. The van der Waals surface area contributed by atoms with Gasteiger partial charge in [-0.2, -0.15) is 0 Å². The molecule has 7 heterocycles. The molecular formula is C46H42Cl3F2N13O2. The first-order valence-electron chi connectivity index (χ1n) is 21.0. The molecule has 66 heavy (non-hydrogen) atoms. The molecule has 0 bridgehead atoms. The van der Waals surface area contributed by atoms with Crippen molar-refractivity contribution in [3.8, 4) is 5.75 Å². The van der Waals surface area contributed by atoms with Crippen LogP contribution >= 0.6 is 34.8 Å². The van der Waals surface area contributed by atoms with Crippen LogP contribution < -0.4 is 15.4 Å². The highest BCUT2D eigenvalue weighted by Gasteiger charge is 2.21. The third kappa shape index (κ3) is 9.48. The van der Waals surface area contributed by atoms with Crippen LogP contribution in [0.5, 0.6) is 5.75 Å². The predicted octanol–water partition coefficient (Wildman–Crippen LogP) is 9.79.